The van der Waals surface area contributed by atoms with E-state index in [1.54, 1.807) is 0 Å². The zero-order valence-electron chi connectivity index (χ0n) is 8.04. The molecule has 0 saturated heterocycles. The van der Waals surface area contributed by atoms with E-state index in [9.17, 15) is 0 Å². The van der Waals surface area contributed by atoms with Gasteiger partial charge in [-0.1, -0.05) is 50.1 Å². The van der Waals surface area contributed by atoms with Crippen molar-refractivity contribution in [3.05, 3.63) is 42.8 Å². The van der Waals surface area contributed by atoms with Gasteiger partial charge in [-0.2, -0.15) is 0 Å². The topological polar surface area (TPSA) is 9.23 Å². The fraction of sp³-hybridized carbons (Fsp3) is 0.417. The van der Waals surface area contributed by atoms with Crippen molar-refractivity contribution < 1.29 is 4.74 Å². The molecule has 0 aliphatic heterocycles. The number of ether oxygens (including phenoxy) is 1. The minimum atomic E-state index is 0.734. The second-order valence-electron chi connectivity index (χ2n) is 3.10. The molecule has 1 radical (unpaired) electrons. The van der Waals surface area contributed by atoms with E-state index < -0.39 is 0 Å². The molecule has 0 unspecified atom stereocenters. The lowest BCUT2D eigenvalue weighted by molar-refractivity contribution is 0.117. The molecule has 1 nitrogen and oxygen atoms in total. The molecule has 0 amide bonds. The molecule has 0 aromatic heterocycles. The van der Waals surface area contributed by atoms with Gasteiger partial charge in [-0.3, -0.25) is 0 Å². The van der Waals surface area contributed by atoms with Crippen LogP contribution in [0.1, 0.15) is 24.8 Å². The van der Waals surface area contributed by atoms with Crippen LogP contribution in [0.15, 0.2) is 30.3 Å². The third-order valence-corrected chi connectivity index (χ3v) is 1.90. The van der Waals surface area contributed by atoms with Crippen LogP contribution >= 0.6 is 0 Å². The van der Waals surface area contributed by atoms with Crippen molar-refractivity contribution in [2.24, 2.45) is 0 Å². The van der Waals surface area contributed by atoms with Gasteiger partial charge in [0.2, 0.25) is 0 Å². The summed E-state index contributed by atoms with van der Waals surface area (Å²) >= 11 is 0. The van der Waals surface area contributed by atoms with Crippen molar-refractivity contribution in [3.8, 4) is 0 Å². The van der Waals surface area contributed by atoms with Crippen molar-refractivity contribution in [2.75, 3.05) is 6.61 Å². The van der Waals surface area contributed by atoms with Crippen LogP contribution in [-0.2, 0) is 11.3 Å². The van der Waals surface area contributed by atoms with Gasteiger partial charge in [0.15, 0.2) is 0 Å². The zero-order chi connectivity index (χ0) is 9.36. The Bertz CT molecular complexity index is 206. The van der Waals surface area contributed by atoms with Crippen LogP contribution in [0.5, 0.6) is 0 Å². The number of hydrogen-bond acceptors (Lipinski definition) is 1. The van der Waals surface area contributed by atoms with Crippen LogP contribution in [0.3, 0.4) is 0 Å². The maximum atomic E-state index is 5.49. The Kier molecular flexibility index (Phi) is 5.27. The van der Waals surface area contributed by atoms with E-state index >= 15 is 0 Å². The van der Waals surface area contributed by atoms with E-state index in [-0.39, 0.29) is 0 Å². The van der Waals surface area contributed by atoms with Crippen LogP contribution in [-0.4, -0.2) is 6.61 Å². The molecule has 0 bridgehead atoms. The highest BCUT2D eigenvalue weighted by atomic mass is 16.5. The second kappa shape index (κ2) is 6.67. The van der Waals surface area contributed by atoms with Gasteiger partial charge in [-0.15, -0.1) is 0 Å². The molecule has 71 valence electrons. The van der Waals surface area contributed by atoms with E-state index in [2.05, 4.69) is 19.1 Å². The minimum absolute atomic E-state index is 0.734. The normalized spacial score (nSPS) is 10.2. The number of hydrogen-bond donors (Lipinski definition) is 0. The van der Waals surface area contributed by atoms with Crippen LogP contribution in [0.4, 0.5) is 0 Å². The molecule has 0 spiro atoms. The van der Waals surface area contributed by atoms with Gasteiger partial charge in [0.05, 0.1) is 6.61 Å². The number of rotatable bonds is 6. The van der Waals surface area contributed by atoms with Gasteiger partial charge in [0.25, 0.3) is 0 Å². The molecule has 0 saturated carbocycles. The standard InChI is InChI=1S/C12H17O/c1-2-3-7-10-13-11-12-8-5-4-6-9-12/h4-6,8-9H,1-3,7,10-11H2. The lowest BCUT2D eigenvalue weighted by Gasteiger charge is -2.02. The maximum Gasteiger partial charge on any atom is 0.0716 e. The Balaban J connectivity index is 2.07. The first-order valence-corrected chi connectivity index (χ1v) is 4.84. The molecule has 0 heterocycles. The highest BCUT2D eigenvalue weighted by Crippen LogP contribution is 2.01. The summed E-state index contributed by atoms with van der Waals surface area (Å²) in [5.74, 6) is 0. The molecule has 1 rings (SSSR count). The SMILES string of the molecule is [CH2]CCCCOCc1ccccc1. The highest BCUT2D eigenvalue weighted by molar-refractivity contribution is 5.13. The first-order valence-electron chi connectivity index (χ1n) is 4.84. The Morgan fingerprint density at radius 1 is 1.08 bits per heavy atom. The fourth-order valence-corrected chi connectivity index (χ4v) is 1.15. The molecule has 0 atom stereocenters. The van der Waals surface area contributed by atoms with Crippen LogP contribution in [0.2, 0.25) is 0 Å². The van der Waals surface area contributed by atoms with Gasteiger partial charge in [-0.25, -0.2) is 0 Å². The number of benzene rings is 1. The van der Waals surface area contributed by atoms with E-state index in [0.717, 1.165) is 32.5 Å². The third kappa shape index (κ3) is 4.69. The molecule has 1 aromatic rings. The Labute approximate surface area is 80.7 Å². The number of unbranched alkanes of at least 4 members (excludes halogenated alkanes) is 2. The molecule has 0 N–H and O–H groups in total. The maximum absolute atomic E-state index is 5.49. The smallest absolute Gasteiger partial charge is 0.0716 e. The van der Waals surface area contributed by atoms with Crippen molar-refractivity contribution >= 4 is 0 Å². The lowest BCUT2D eigenvalue weighted by Crippen LogP contribution is -1.94. The molecule has 1 heteroatoms. The summed E-state index contributed by atoms with van der Waals surface area (Å²) in [6.07, 6.45) is 3.29. The summed E-state index contributed by atoms with van der Waals surface area (Å²) in [6, 6.07) is 10.3. The van der Waals surface area contributed by atoms with Crippen molar-refractivity contribution in [1.29, 1.82) is 0 Å². The van der Waals surface area contributed by atoms with E-state index in [0.29, 0.717) is 0 Å². The Morgan fingerprint density at radius 3 is 2.54 bits per heavy atom. The first-order chi connectivity index (χ1) is 6.43. The largest absolute Gasteiger partial charge is 0.377 e. The minimum Gasteiger partial charge on any atom is -0.377 e. The molecule has 0 aliphatic rings. The Morgan fingerprint density at radius 2 is 1.85 bits per heavy atom. The summed E-state index contributed by atoms with van der Waals surface area (Å²) in [6.45, 7) is 5.37. The summed E-state index contributed by atoms with van der Waals surface area (Å²) in [4.78, 5) is 0. The van der Waals surface area contributed by atoms with Gasteiger partial charge in [0, 0.05) is 6.61 Å². The average Bonchev–Trinajstić information content (AvgIpc) is 2.19. The van der Waals surface area contributed by atoms with Crippen LogP contribution < -0.4 is 0 Å². The molecular formula is C12H17O. The van der Waals surface area contributed by atoms with Gasteiger partial charge in [0.1, 0.15) is 0 Å². The monoisotopic (exact) mass is 177 g/mol. The summed E-state index contributed by atoms with van der Waals surface area (Å²) in [5.41, 5.74) is 1.25. The average molecular weight is 177 g/mol. The predicted molar refractivity (Wildman–Crippen MR) is 55.3 cm³/mol. The molecular weight excluding hydrogens is 160 g/mol. The lowest BCUT2D eigenvalue weighted by atomic mass is 10.2. The van der Waals surface area contributed by atoms with Crippen molar-refractivity contribution in [1.82, 2.24) is 0 Å². The van der Waals surface area contributed by atoms with Gasteiger partial charge < -0.3 is 4.74 Å². The molecule has 13 heavy (non-hydrogen) atoms. The molecule has 1 aromatic carbocycles. The highest BCUT2D eigenvalue weighted by Gasteiger charge is 1.90. The van der Waals surface area contributed by atoms with Crippen LogP contribution in [0, 0.1) is 6.92 Å². The summed E-state index contributed by atoms with van der Waals surface area (Å²) in [7, 11) is 0. The fourth-order valence-electron chi connectivity index (χ4n) is 1.15. The molecule has 0 aliphatic carbocycles. The zero-order valence-corrected chi connectivity index (χ0v) is 8.04. The van der Waals surface area contributed by atoms with E-state index in [4.69, 9.17) is 4.74 Å². The van der Waals surface area contributed by atoms with Crippen LogP contribution in [0.25, 0.3) is 0 Å². The first kappa shape index (κ1) is 10.3. The second-order valence-corrected chi connectivity index (χ2v) is 3.10. The Hall–Kier alpha value is -0.820. The predicted octanol–water partition coefficient (Wildman–Crippen LogP) is 3.21. The van der Waals surface area contributed by atoms with Crippen molar-refractivity contribution in [3.63, 3.8) is 0 Å². The van der Waals surface area contributed by atoms with Gasteiger partial charge in [-0.05, 0) is 12.0 Å². The van der Waals surface area contributed by atoms with E-state index in [1.807, 2.05) is 18.2 Å². The summed E-state index contributed by atoms with van der Waals surface area (Å²) in [5, 5.41) is 0. The van der Waals surface area contributed by atoms with E-state index in [1.165, 1.54) is 5.56 Å². The third-order valence-electron chi connectivity index (χ3n) is 1.90. The molecule has 0 fully saturated rings. The van der Waals surface area contributed by atoms with Crippen molar-refractivity contribution in [2.45, 2.75) is 25.9 Å². The quantitative estimate of drug-likeness (QED) is 0.606. The van der Waals surface area contributed by atoms with Gasteiger partial charge >= 0.3 is 0 Å². The summed E-state index contributed by atoms with van der Waals surface area (Å²) < 4.78 is 5.49.